The van der Waals surface area contributed by atoms with Crippen LogP contribution in [0.3, 0.4) is 0 Å². The van der Waals surface area contributed by atoms with Crippen LogP contribution in [0.15, 0.2) is 23.8 Å². The minimum Gasteiger partial charge on any atom is -0.203 e. The van der Waals surface area contributed by atoms with Gasteiger partial charge in [0.1, 0.15) is 0 Å². The first-order valence-corrected chi connectivity index (χ1v) is 5.87. The first kappa shape index (κ1) is 13.8. The van der Waals surface area contributed by atoms with E-state index in [0.717, 1.165) is 6.42 Å². The summed E-state index contributed by atoms with van der Waals surface area (Å²) in [6, 6.07) is 0. The molecule has 1 aromatic rings. The van der Waals surface area contributed by atoms with Gasteiger partial charge in [0, 0.05) is 11.5 Å². The minimum atomic E-state index is -2.12. The van der Waals surface area contributed by atoms with E-state index in [1.807, 2.05) is 6.92 Å². The third-order valence-electron chi connectivity index (χ3n) is 3.11. The third kappa shape index (κ3) is 2.17. The highest BCUT2D eigenvalue weighted by Crippen LogP contribution is 2.38. The van der Waals surface area contributed by atoms with Gasteiger partial charge in [-0.2, -0.15) is 0 Å². The van der Waals surface area contributed by atoms with E-state index in [9.17, 15) is 22.0 Å². The Bertz CT molecular complexity index is 543. The van der Waals surface area contributed by atoms with E-state index in [4.69, 9.17) is 0 Å². The normalized spacial score (nSPS) is 18.0. The molecule has 0 saturated heterocycles. The van der Waals surface area contributed by atoms with Gasteiger partial charge >= 0.3 is 0 Å². The Morgan fingerprint density at radius 2 is 1.42 bits per heavy atom. The van der Waals surface area contributed by atoms with Gasteiger partial charge in [-0.15, -0.1) is 0 Å². The van der Waals surface area contributed by atoms with Crippen molar-refractivity contribution >= 4 is 0 Å². The predicted octanol–water partition coefficient (Wildman–Crippen LogP) is 4.76. The monoisotopic (exact) mass is 274 g/mol. The average molecular weight is 274 g/mol. The molecule has 19 heavy (non-hydrogen) atoms. The maximum absolute atomic E-state index is 13.7. The summed E-state index contributed by atoms with van der Waals surface area (Å²) in [6.45, 7) is 1.87. The molecule has 2 rings (SSSR count). The molecule has 0 nitrogen and oxygen atoms in total. The van der Waals surface area contributed by atoms with Gasteiger partial charge in [-0.1, -0.05) is 37.1 Å². The smallest absolute Gasteiger partial charge is 0.200 e. The molecule has 1 aliphatic rings. The van der Waals surface area contributed by atoms with Crippen molar-refractivity contribution in [3.05, 3.63) is 58.5 Å². The summed E-state index contributed by atoms with van der Waals surface area (Å²) in [5, 5.41) is 0. The van der Waals surface area contributed by atoms with Crippen LogP contribution in [0, 0.1) is 29.1 Å². The van der Waals surface area contributed by atoms with Gasteiger partial charge in [-0.3, -0.25) is 0 Å². The molecule has 0 aliphatic heterocycles. The first-order chi connectivity index (χ1) is 8.99. The van der Waals surface area contributed by atoms with Gasteiger partial charge in [0.2, 0.25) is 5.82 Å². The first-order valence-electron chi connectivity index (χ1n) is 5.87. The van der Waals surface area contributed by atoms with Crippen LogP contribution >= 0.6 is 0 Å². The van der Waals surface area contributed by atoms with E-state index < -0.39 is 40.6 Å². The van der Waals surface area contributed by atoms with Crippen molar-refractivity contribution in [2.45, 2.75) is 25.7 Å². The fourth-order valence-corrected chi connectivity index (χ4v) is 2.22. The van der Waals surface area contributed by atoms with E-state index in [0.29, 0.717) is 12.0 Å². The van der Waals surface area contributed by atoms with Crippen molar-refractivity contribution in [1.29, 1.82) is 0 Å². The van der Waals surface area contributed by atoms with E-state index in [1.54, 1.807) is 12.2 Å². The van der Waals surface area contributed by atoms with Gasteiger partial charge < -0.3 is 0 Å². The van der Waals surface area contributed by atoms with E-state index >= 15 is 0 Å². The maximum atomic E-state index is 13.7. The van der Waals surface area contributed by atoms with Crippen LogP contribution in [-0.2, 0) is 0 Å². The quantitative estimate of drug-likeness (QED) is 0.423. The molecule has 1 aliphatic carbocycles. The molecule has 1 unspecified atom stereocenters. The van der Waals surface area contributed by atoms with Crippen molar-refractivity contribution in [1.82, 2.24) is 0 Å². The second-order valence-corrected chi connectivity index (χ2v) is 4.34. The minimum absolute atomic E-state index is 0.539. The molecule has 0 spiro atoms. The Hall–Kier alpha value is -1.65. The van der Waals surface area contributed by atoms with Crippen LogP contribution in [-0.4, -0.2) is 0 Å². The molecule has 5 heteroatoms. The highest BCUT2D eigenvalue weighted by molar-refractivity contribution is 5.43. The summed E-state index contributed by atoms with van der Waals surface area (Å²) in [4.78, 5) is 0. The fourth-order valence-electron chi connectivity index (χ4n) is 2.22. The number of hydrogen-bond donors (Lipinski definition) is 0. The summed E-state index contributed by atoms with van der Waals surface area (Å²) in [5.74, 6) is -10.3. The highest BCUT2D eigenvalue weighted by atomic mass is 19.2. The van der Waals surface area contributed by atoms with Crippen molar-refractivity contribution in [2.24, 2.45) is 0 Å². The standard InChI is InChI=1S/C14H11F5/c1-2-4-7-5-3-6-8(7)9-10(15)12(17)14(19)13(18)11(9)16/h3,5-6,8H,2,4H2,1H3. The second kappa shape index (κ2) is 5.15. The average Bonchev–Trinajstić information content (AvgIpc) is 2.83. The van der Waals surface area contributed by atoms with Crippen LogP contribution in [0.5, 0.6) is 0 Å². The second-order valence-electron chi connectivity index (χ2n) is 4.34. The Kier molecular flexibility index (Phi) is 3.73. The number of allylic oxidation sites excluding steroid dienone is 4. The largest absolute Gasteiger partial charge is 0.203 e. The molecule has 0 heterocycles. The number of rotatable bonds is 3. The summed E-state index contributed by atoms with van der Waals surface area (Å²) in [5.41, 5.74) is -0.129. The lowest BCUT2D eigenvalue weighted by molar-refractivity contribution is 0.369. The van der Waals surface area contributed by atoms with E-state index in [2.05, 4.69) is 0 Å². The van der Waals surface area contributed by atoms with E-state index in [1.165, 1.54) is 6.08 Å². The molecule has 0 bridgehead atoms. The lowest BCUT2D eigenvalue weighted by Gasteiger charge is -2.16. The molecule has 0 N–H and O–H groups in total. The molecular formula is C14H11F5. The zero-order valence-electron chi connectivity index (χ0n) is 10.1. The fraction of sp³-hybridized carbons (Fsp3) is 0.286. The zero-order valence-corrected chi connectivity index (χ0v) is 10.1. The summed E-state index contributed by atoms with van der Waals surface area (Å²) >= 11 is 0. The Balaban J connectivity index is 2.58. The van der Waals surface area contributed by atoms with Crippen molar-refractivity contribution in [3.8, 4) is 0 Å². The molecule has 0 amide bonds. The van der Waals surface area contributed by atoms with Crippen LogP contribution in [0.4, 0.5) is 22.0 Å². The zero-order chi connectivity index (χ0) is 14.2. The molecule has 0 radical (unpaired) electrons. The Morgan fingerprint density at radius 3 is 1.95 bits per heavy atom. The van der Waals surface area contributed by atoms with Crippen LogP contribution in [0.25, 0.3) is 0 Å². The van der Waals surface area contributed by atoms with Crippen LogP contribution in [0.1, 0.15) is 31.2 Å². The summed E-state index contributed by atoms with van der Waals surface area (Å²) < 4.78 is 66.7. The molecule has 102 valence electrons. The predicted molar refractivity (Wildman–Crippen MR) is 61.1 cm³/mol. The highest BCUT2D eigenvalue weighted by Gasteiger charge is 2.31. The molecule has 0 fully saturated rings. The topological polar surface area (TPSA) is 0 Å². The van der Waals surface area contributed by atoms with Gasteiger partial charge in [0.15, 0.2) is 23.3 Å². The lowest BCUT2D eigenvalue weighted by atomic mass is 9.90. The van der Waals surface area contributed by atoms with Crippen LogP contribution in [0.2, 0.25) is 0 Å². The summed E-state index contributed by atoms with van der Waals surface area (Å²) in [7, 11) is 0. The Morgan fingerprint density at radius 1 is 0.895 bits per heavy atom. The van der Waals surface area contributed by atoms with Crippen molar-refractivity contribution in [2.75, 3.05) is 0 Å². The lowest BCUT2D eigenvalue weighted by Crippen LogP contribution is -2.11. The molecule has 0 aromatic heterocycles. The third-order valence-corrected chi connectivity index (χ3v) is 3.11. The van der Waals surface area contributed by atoms with Crippen LogP contribution < -0.4 is 0 Å². The van der Waals surface area contributed by atoms with Crippen molar-refractivity contribution in [3.63, 3.8) is 0 Å². The molecule has 1 aromatic carbocycles. The number of benzene rings is 1. The van der Waals surface area contributed by atoms with Crippen molar-refractivity contribution < 1.29 is 22.0 Å². The SMILES string of the molecule is CCCC1=CC=CC1c1c(F)c(F)c(F)c(F)c1F. The van der Waals surface area contributed by atoms with Gasteiger partial charge in [-0.05, 0) is 6.42 Å². The summed E-state index contributed by atoms with van der Waals surface area (Å²) in [6.07, 6.45) is 5.90. The van der Waals surface area contributed by atoms with E-state index in [-0.39, 0.29) is 0 Å². The number of halogens is 5. The molecule has 0 saturated carbocycles. The maximum Gasteiger partial charge on any atom is 0.200 e. The number of hydrogen-bond acceptors (Lipinski definition) is 0. The van der Waals surface area contributed by atoms with Gasteiger partial charge in [-0.25, -0.2) is 22.0 Å². The van der Waals surface area contributed by atoms with Gasteiger partial charge in [0.25, 0.3) is 0 Å². The molecule has 1 atom stereocenters. The van der Waals surface area contributed by atoms with Gasteiger partial charge in [0.05, 0.1) is 0 Å². The Labute approximate surface area is 107 Å². The molecular weight excluding hydrogens is 263 g/mol.